The van der Waals surface area contributed by atoms with Gasteiger partial charge in [0.05, 0.1) is 29.9 Å². The van der Waals surface area contributed by atoms with Crippen LogP contribution in [0.1, 0.15) is 25.0 Å². The van der Waals surface area contributed by atoms with Crippen LogP contribution in [-0.2, 0) is 26.1 Å². The Bertz CT molecular complexity index is 1000. The highest BCUT2D eigenvalue weighted by Crippen LogP contribution is 2.37. The fourth-order valence-electron chi connectivity index (χ4n) is 4.50. The van der Waals surface area contributed by atoms with Gasteiger partial charge in [-0.25, -0.2) is 12.8 Å². The van der Waals surface area contributed by atoms with Crippen molar-refractivity contribution in [3.8, 4) is 0 Å². The number of nitrogens with zero attached hydrogens (tertiary/aromatic N) is 4. The number of carbonyl (C=O) groups excluding carboxylic acids is 1. The number of hydrogen-bond acceptors (Lipinski definition) is 6. The van der Waals surface area contributed by atoms with Crippen LogP contribution in [-0.4, -0.2) is 71.3 Å². The van der Waals surface area contributed by atoms with E-state index in [0.717, 1.165) is 12.5 Å². The lowest BCUT2D eigenvalue weighted by Gasteiger charge is -2.40. The normalized spacial score (nSPS) is 25.3. The lowest BCUT2D eigenvalue weighted by molar-refractivity contribution is -0.135. The molecule has 0 radical (unpaired) electrons. The number of nitrogens with one attached hydrogen (secondary N) is 1. The van der Waals surface area contributed by atoms with Gasteiger partial charge in [-0.15, -0.1) is 5.10 Å². The van der Waals surface area contributed by atoms with E-state index in [2.05, 4.69) is 15.4 Å². The van der Waals surface area contributed by atoms with Crippen LogP contribution in [0.15, 0.2) is 35.4 Å². The molecular formula is C19H24FN5O4S. The Morgan fingerprint density at radius 2 is 2.17 bits per heavy atom. The second-order valence-electron chi connectivity index (χ2n) is 7.72. The number of methoxy groups -OCH3 is 1. The van der Waals surface area contributed by atoms with Crippen LogP contribution in [0.3, 0.4) is 0 Å². The van der Waals surface area contributed by atoms with E-state index in [9.17, 15) is 17.6 Å². The van der Waals surface area contributed by atoms with E-state index in [1.165, 1.54) is 28.7 Å². The first-order valence-electron chi connectivity index (χ1n) is 9.83. The molecule has 9 nitrogen and oxygen atoms in total. The van der Waals surface area contributed by atoms with Crippen molar-refractivity contribution in [1.29, 1.82) is 0 Å². The highest BCUT2D eigenvalue weighted by Gasteiger charge is 2.50. The summed E-state index contributed by atoms with van der Waals surface area (Å²) in [7, 11) is -2.52. The van der Waals surface area contributed by atoms with E-state index in [1.807, 2.05) is 0 Å². The molecule has 2 aliphatic rings. The summed E-state index contributed by atoms with van der Waals surface area (Å²) in [4.78, 5) is 14.9. The third-order valence-electron chi connectivity index (χ3n) is 5.79. The summed E-state index contributed by atoms with van der Waals surface area (Å²) in [5.41, 5.74) is 0.663. The topological polar surface area (TPSA) is 108 Å². The molecule has 1 aromatic heterocycles. The molecule has 2 saturated heterocycles. The number of piperidine rings is 1. The minimum atomic E-state index is -4.08. The quantitative estimate of drug-likeness (QED) is 0.727. The number of sulfonamides is 1. The minimum Gasteiger partial charge on any atom is -0.384 e. The number of fused-ring (bicyclic) bond motifs is 2. The number of rotatable bonds is 6. The van der Waals surface area contributed by atoms with Crippen LogP contribution < -0.4 is 0 Å². The van der Waals surface area contributed by atoms with E-state index in [-0.39, 0.29) is 23.3 Å². The second kappa shape index (κ2) is 8.40. The summed E-state index contributed by atoms with van der Waals surface area (Å²) in [6, 6.07) is 3.67. The highest BCUT2D eigenvalue weighted by molar-refractivity contribution is 7.89. The predicted octanol–water partition coefficient (Wildman–Crippen LogP) is 1.16. The average molecular weight is 437 g/mol. The molecule has 1 unspecified atom stereocenters. The molecule has 0 aliphatic carbocycles. The molecule has 11 heteroatoms. The third-order valence-corrected chi connectivity index (χ3v) is 7.72. The van der Waals surface area contributed by atoms with Gasteiger partial charge >= 0.3 is 0 Å². The van der Waals surface area contributed by atoms with Crippen molar-refractivity contribution < 1.29 is 22.3 Å². The molecule has 162 valence electrons. The number of halogens is 1. The maximum atomic E-state index is 13.8. The Labute approximate surface area is 174 Å². The van der Waals surface area contributed by atoms with E-state index >= 15 is 0 Å². The Hall–Kier alpha value is -2.37. The monoisotopic (exact) mass is 437 g/mol. The van der Waals surface area contributed by atoms with Gasteiger partial charge < -0.3 is 9.64 Å². The van der Waals surface area contributed by atoms with Gasteiger partial charge in [-0.05, 0) is 37.5 Å². The van der Waals surface area contributed by atoms with Crippen molar-refractivity contribution in [2.45, 2.75) is 42.8 Å². The maximum absolute atomic E-state index is 13.8. The lowest BCUT2D eigenvalue weighted by Crippen LogP contribution is -2.55. The average Bonchev–Trinajstić information content (AvgIpc) is 3.22. The van der Waals surface area contributed by atoms with E-state index < -0.39 is 27.9 Å². The minimum absolute atomic E-state index is 0.144. The standard InChI is InChI=1S/C19H24FN5O4S/c1-29-12-13-10-24(11-15-9-21-23-22-15)19(26)18-7-3-6-17(13)25(18)30(27,28)16-5-2-4-14(20)8-16/h2,4-5,8-9,13,17-18H,3,6-7,10-12H2,1H3,(H,21,22,23)/t13-,17+,18?/m1/s1. The molecule has 3 heterocycles. The van der Waals surface area contributed by atoms with Gasteiger partial charge in [0, 0.05) is 25.6 Å². The number of hydrogen-bond donors (Lipinski definition) is 1. The molecule has 2 aliphatic heterocycles. The zero-order valence-corrected chi connectivity index (χ0v) is 17.4. The number of aromatic amines is 1. The van der Waals surface area contributed by atoms with Gasteiger partial charge in [0.2, 0.25) is 15.9 Å². The molecule has 2 fully saturated rings. The van der Waals surface area contributed by atoms with Crippen LogP contribution in [0.2, 0.25) is 0 Å². The number of amides is 1. The predicted molar refractivity (Wildman–Crippen MR) is 104 cm³/mol. The lowest BCUT2D eigenvalue weighted by atomic mass is 9.91. The summed E-state index contributed by atoms with van der Waals surface area (Å²) < 4.78 is 47.6. The van der Waals surface area contributed by atoms with Crippen molar-refractivity contribution in [2.24, 2.45) is 5.92 Å². The fourth-order valence-corrected chi connectivity index (χ4v) is 6.42. The first kappa shape index (κ1) is 20.9. The highest BCUT2D eigenvalue weighted by atomic mass is 32.2. The Kier molecular flexibility index (Phi) is 5.85. The van der Waals surface area contributed by atoms with Gasteiger partial charge in [0.15, 0.2) is 0 Å². The molecular weight excluding hydrogens is 413 g/mol. The van der Waals surface area contributed by atoms with Crippen LogP contribution in [0.5, 0.6) is 0 Å². The van der Waals surface area contributed by atoms with Crippen molar-refractivity contribution in [1.82, 2.24) is 24.6 Å². The summed E-state index contributed by atoms with van der Waals surface area (Å²) in [6.45, 7) is 0.905. The maximum Gasteiger partial charge on any atom is 0.244 e. The Balaban J connectivity index is 1.75. The van der Waals surface area contributed by atoms with Crippen molar-refractivity contribution in [2.75, 3.05) is 20.3 Å². The zero-order chi connectivity index (χ0) is 21.3. The molecule has 4 rings (SSSR count). The largest absolute Gasteiger partial charge is 0.384 e. The number of carbonyl (C=O) groups is 1. The van der Waals surface area contributed by atoms with Crippen LogP contribution >= 0.6 is 0 Å². The summed E-state index contributed by atoms with van der Waals surface area (Å²) in [5, 5.41) is 10.2. The molecule has 2 bridgehead atoms. The Morgan fingerprint density at radius 3 is 2.87 bits per heavy atom. The van der Waals surface area contributed by atoms with E-state index in [1.54, 1.807) is 12.0 Å². The zero-order valence-electron chi connectivity index (χ0n) is 16.6. The summed E-state index contributed by atoms with van der Waals surface area (Å²) in [6.07, 6.45) is 3.31. The summed E-state index contributed by atoms with van der Waals surface area (Å²) >= 11 is 0. The van der Waals surface area contributed by atoms with Crippen LogP contribution in [0.25, 0.3) is 0 Å². The van der Waals surface area contributed by atoms with Gasteiger partial charge in [-0.3, -0.25) is 9.89 Å². The van der Waals surface area contributed by atoms with E-state index in [4.69, 9.17) is 4.74 Å². The van der Waals surface area contributed by atoms with Gasteiger partial charge in [-0.2, -0.15) is 4.31 Å². The first-order chi connectivity index (χ1) is 14.4. The fraction of sp³-hybridized carbons (Fsp3) is 0.526. The molecule has 1 N–H and O–H groups in total. The molecule has 1 amide bonds. The SMILES string of the molecule is COC[C@H]1CN(Cc2cnn[nH]2)C(=O)C2CCC[C@@H]1N2S(=O)(=O)c1cccc(F)c1. The van der Waals surface area contributed by atoms with Gasteiger partial charge in [0.1, 0.15) is 11.9 Å². The first-order valence-corrected chi connectivity index (χ1v) is 11.3. The van der Waals surface area contributed by atoms with Crippen molar-refractivity contribution in [3.63, 3.8) is 0 Å². The van der Waals surface area contributed by atoms with Gasteiger partial charge in [-0.1, -0.05) is 11.3 Å². The van der Waals surface area contributed by atoms with Gasteiger partial charge in [0.25, 0.3) is 0 Å². The smallest absolute Gasteiger partial charge is 0.244 e. The molecule has 0 spiro atoms. The molecule has 30 heavy (non-hydrogen) atoms. The number of H-pyrrole nitrogens is 1. The molecule has 1 aromatic carbocycles. The molecule has 2 aromatic rings. The Morgan fingerprint density at radius 1 is 1.33 bits per heavy atom. The third kappa shape index (κ3) is 3.84. The van der Waals surface area contributed by atoms with Crippen LogP contribution in [0.4, 0.5) is 4.39 Å². The second-order valence-corrected chi connectivity index (χ2v) is 9.57. The number of benzene rings is 1. The number of ether oxygens (including phenoxy) is 1. The van der Waals surface area contributed by atoms with Crippen LogP contribution in [0, 0.1) is 11.7 Å². The molecule has 0 saturated carbocycles. The van der Waals surface area contributed by atoms with E-state index in [0.29, 0.717) is 31.7 Å². The van der Waals surface area contributed by atoms with Crippen molar-refractivity contribution in [3.05, 3.63) is 42.0 Å². The number of aromatic nitrogens is 3. The summed E-state index contributed by atoms with van der Waals surface area (Å²) in [5.74, 6) is -1.12. The molecule has 3 atom stereocenters. The van der Waals surface area contributed by atoms with Crippen molar-refractivity contribution >= 4 is 15.9 Å².